The molecule has 0 saturated carbocycles. The van der Waals surface area contributed by atoms with Crippen molar-refractivity contribution in [2.45, 2.75) is 16.9 Å². The molecule has 104 valence electrons. The van der Waals surface area contributed by atoms with E-state index in [1.165, 1.54) is 23.9 Å². The second-order valence-corrected chi connectivity index (χ2v) is 5.85. The van der Waals surface area contributed by atoms with Gasteiger partial charge in [-0.25, -0.2) is 14.4 Å². The first kappa shape index (κ1) is 15.1. The quantitative estimate of drug-likeness (QED) is 0.360. The average Bonchev–Trinajstić information content (AvgIpc) is 2.48. The Morgan fingerprint density at radius 3 is 2.80 bits per heavy atom. The number of alkyl halides is 1. The number of Topliss-reactive ketones (excluding diaryl/α,β-unsaturated/α-hetero) is 1. The Kier molecular flexibility index (Phi) is 4.88. The second kappa shape index (κ2) is 6.45. The largest absolute Gasteiger partial charge is 0.292 e. The molecule has 0 aliphatic carbocycles. The molecule has 2 aromatic rings. The smallest absolute Gasteiger partial charge is 0.187 e. The number of carbonyl (C=O) groups excluding carboxylic acids is 1. The number of thioether (sulfide) groups is 1. The highest BCUT2D eigenvalue weighted by molar-refractivity contribution is 9.09. The third kappa shape index (κ3) is 3.24. The van der Waals surface area contributed by atoms with Crippen LogP contribution in [0.2, 0.25) is 0 Å². The summed E-state index contributed by atoms with van der Waals surface area (Å²) in [4.78, 5) is 20.2. The van der Waals surface area contributed by atoms with Crippen molar-refractivity contribution in [1.82, 2.24) is 9.97 Å². The summed E-state index contributed by atoms with van der Waals surface area (Å²) in [5.74, 6) is -0.474. The molecule has 1 aromatic heterocycles. The van der Waals surface area contributed by atoms with Crippen LogP contribution < -0.4 is 0 Å². The number of ketones is 1. The molecule has 0 spiro atoms. The van der Waals surface area contributed by atoms with Crippen molar-refractivity contribution >= 4 is 33.5 Å². The topological polar surface area (TPSA) is 42.9 Å². The van der Waals surface area contributed by atoms with Gasteiger partial charge in [-0.15, -0.1) is 0 Å². The van der Waals surface area contributed by atoms with Gasteiger partial charge in [0.1, 0.15) is 10.6 Å². The molecule has 0 bridgehead atoms. The van der Waals surface area contributed by atoms with Crippen LogP contribution in [-0.4, -0.2) is 22.0 Å². The third-order valence-corrected chi connectivity index (χ3v) is 4.22. The van der Waals surface area contributed by atoms with Gasteiger partial charge >= 0.3 is 0 Å². The third-order valence-electron chi connectivity index (χ3n) is 2.77. The van der Waals surface area contributed by atoms with Crippen LogP contribution in [0, 0.1) is 12.7 Å². The molecule has 1 heterocycles. The first-order valence-corrected chi connectivity index (χ1v) is 7.98. The fourth-order valence-corrected chi connectivity index (χ4v) is 2.55. The van der Waals surface area contributed by atoms with E-state index in [2.05, 4.69) is 25.9 Å². The molecule has 0 fully saturated rings. The Bertz CT molecular complexity index is 651. The molecule has 1 unspecified atom stereocenters. The number of hydrogen-bond acceptors (Lipinski definition) is 4. The minimum Gasteiger partial charge on any atom is -0.292 e. The minimum atomic E-state index is -0.568. The molecule has 0 amide bonds. The first-order valence-electron chi connectivity index (χ1n) is 5.84. The Balaban J connectivity index is 2.29. The van der Waals surface area contributed by atoms with Crippen LogP contribution in [0.5, 0.6) is 0 Å². The predicted molar refractivity (Wildman–Crippen MR) is 80.9 cm³/mol. The number of aryl methyl sites for hydroxylation is 1. The van der Waals surface area contributed by atoms with E-state index in [4.69, 9.17) is 0 Å². The van der Waals surface area contributed by atoms with Crippen LogP contribution in [0.15, 0.2) is 35.6 Å². The van der Waals surface area contributed by atoms with E-state index >= 15 is 0 Å². The molecule has 0 saturated heterocycles. The lowest BCUT2D eigenvalue weighted by Crippen LogP contribution is -2.10. The zero-order valence-electron chi connectivity index (χ0n) is 10.9. The molecule has 20 heavy (non-hydrogen) atoms. The number of rotatable bonds is 4. The fraction of sp³-hybridized carbons (Fsp3) is 0.214. The summed E-state index contributed by atoms with van der Waals surface area (Å²) in [5.41, 5.74) is 1.49. The maximum atomic E-state index is 13.2. The van der Waals surface area contributed by atoms with Crippen LogP contribution >= 0.6 is 27.7 Å². The first-order chi connectivity index (χ1) is 9.52. The van der Waals surface area contributed by atoms with Gasteiger partial charge in [0.05, 0.1) is 5.69 Å². The standard InChI is InChI=1S/C14H12BrFN2OS/c1-8-7-9(3-4-10(8)16)13(19)12(15)11-5-6-17-14(18-11)20-2/h3-7,12H,1-2H3. The van der Waals surface area contributed by atoms with Crippen LogP contribution in [0.3, 0.4) is 0 Å². The number of carbonyl (C=O) groups is 1. The van der Waals surface area contributed by atoms with Gasteiger partial charge in [-0.3, -0.25) is 4.79 Å². The van der Waals surface area contributed by atoms with Crippen molar-refractivity contribution < 1.29 is 9.18 Å². The van der Waals surface area contributed by atoms with E-state index in [9.17, 15) is 9.18 Å². The normalized spacial score (nSPS) is 12.2. The van der Waals surface area contributed by atoms with Gasteiger partial charge in [-0.1, -0.05) is 27.7 Å². The highest BCUT2D eigenvalue weighted by atomic mass is 79.9. The lowest BCUT2D eigenvalue weighted by Gasteiger charge is -2.10. The van der Waals surface area contributed by atoms with Crippen molar-refractivity contribution in [2.24, 2.45) is 0 Å². The van der Waals surface area contributed by atoms with Gasteiger partial charge in [0.2, 0.25) is 0 Å². The van der Waals surface area contributed by atoms with Gasteiger partial charge in [-0.2, -0.15) is 0 Å². The van der Waals surface area contributed by atoms with Crippen molar-refractivity contribution in [1.29, 1.82) is 0 Å². The molecule has 3 nitrogen and oxygen atoms in total. The van der Waals surface area contributed by atoms with E-state index in [-0.39, 0.29) is 11.6 Å². The maximum Gasteiger partial charge on any atom is 0.187 e. The number of aromatic nitrogens is 2. The molecule has 0 radical (unpaired) electrons. The van der Waals surface area contributed by atoms with Crippen molar-refractivity contribution in [3.63, 3.8) is 0 Å². The van der Waals surface area contributed by atoms with E-state index in [1.54, 1.807) is 25.3 Å². The van der Waals surface area contributed by atoms with E-state index in [1.807, 2.05) is 6.26 Å². The monoisotopic (exact) mass is 354 g/mol. The zero-order chi connectivity index (χ0) is 14.7. The average molecular weight is 355 g/mol. The zero-order valence-corrected chi connectivity index (χ0v) is 13.3. The maximum absolute atomic E-state index is 13.2. The lowest BCUT2D eigenvalue weighted by molar-refractivity contribution is 0.0990. The predicted octanol–water partition coefficient (Wildman–Crippen LogP) is 3.96. The summed E-state index contributed by atoms with van der Waals surface area (Å²) in [7, 11) is 0. The summed E-state index contributed by atoms with van der Waals surface area (Å²) < 4.78 is 13.2. The second-order valence-electron chi connectivity index (χ2n) is 4.16. The Morgan fingerprint density at radius 2 is 2.15 bits per heavy atom. The van der Waals surface area contributed by atoms with Gasteiger partial charge in [0.15, 0.2) is 10.9 Å². The van der Waals surface area contributed by atoms with Crippen LogP contribution in [0.25, 0.3) is 0 Å². The van der Waals surface area contributed by atoms with E-state index in [0.29, 0.717) is 22.0 Å². The Hall–Kier alpha value is -1.27. The molecular formula is C14H12BrFN2OS. The van der Waals surface area contributed by atoms with Gasteiger partial charge in [-0.05, 0) is 43.0 Å². The summed E-state index contributed by atoms with van der Waals surface area (Å²) >= 11 is 4.76. The number of halogens is 2. The molecule has 1 atom stereocenters. The van der Waals surface area contributed by atoms with Crippen molar-refractivity contribution in [3.05, 3.63) is 53.1 Å². The minimum absolute atomic E-state index is 0.154. The van der Waals surface area contributed by atoms with Gasteiger partial charge in [0, 0.05) is 11.8 Å². The summed E-state index contributed by atoms with van der Waals surface area (Å²) in [6.45, 7) is 1.63. The van der Waals surface area contributed by atoms with Crippen LogP contribution in [0.4, 0.5) is 4.39 Å². The number of hydrogen-bond donors (Lipinski definition) is 0. The Labute approximate surface area is 129 Å². The molecule has 2 rings (SSSR count). The summed E-state index contributed by atoms with van der Waals surface area (Å²) in [5, 5.41) is 0.607. The summed E-state index contributed by atoms with van der Waals surface area (Å²) in [6, 6.07) is 6.02. The molecule has 6 heteroatoms. The van der Waals surface area contributed by atoms with Gasteiger partial charge in [0.25, 0.3) is 0 Å². The van der Waals surface area contributed by atoms with Crippen LogP contribution in [0.1, 0.15) is 26.4 Å². The summed E-state index contributed by atoms with van der Waals surface area (Å²) in [6.07, 6.45) is 3.49. The van der Waals surface area contributed by atoms with Crippen molar-refractivity contribution in [2.75, 3.05) is 6.26 Å². The highest BCUT2D eigenvalue weighted by Crippen LogP contribution is 2.27. The molecule has 0 aliphatic rings. The fourth-order valence-electron chi connectivity index (χ4n) is 1.67. The molecule has 1 aromatic carbocycles. The van der Waals surface area contributed by atoms with Crippen molar-refractivity contribution in [3.8, 4) is 0 Å². The molecular weight excluding hydrogens is 343 g/mol. The number of benzene rings is 1. The molecule has 0 aliphatic heterocycles. The lowest BCUT2D eigenvalue weighted by atomic mass is 10.0. The van der Waals surface area contributed by atoms with E-state index in [0.717, 1.165) is 0 Å². The SMILES string of the molecule is CSc1nccc(C(Br)C(=O)c2ccc(F)c(C)c2)n1. The molecule has 0 N–H and O–H groups in total. The highest BCUT2D eigenvalue weighted by Gasteiger charge is 2.21. The van der Waals surface area contributed by atoms with Crippen LogP contribution in [-0.2, 0) is 0 Å². The Morgan fingerprint density at radius 1 is 1.40 bits per heavy atom. The van der Waals surface area contributed by atoms with Gasteiger partial charge < -0.3 is 0 Å². The number of nitrogens with zero attached hydrogens (tertiary/aromatic N) is 2. The van der Waals surface area contributed by atoms with E-state index < -0.39 is 4.83 Å².